The molecule has 0 atom stereocenters. The fourth-order valence-corrected chi connectivity index (χ4v) is 1.66. The normalized spacial score (nSPS) is 15.8. The maximum absolute atomic E-state index is 10.9. The van der Waals surface area contributed by atoms with E-state index in [0.29, 0.717) is 5.56 Å². The lowest BCUT2D eigenvalue weighted by Gasteiger charge is -2.16. The highest BCUT2D eigenvalue weighted by Gasteiger charge is 2.15. The van der Waals surface area contributed by atoms with E-state index in [1.165, 1.54) is 6.07 Å². The van der Waals surface area contributed by atoms with Gasteiger partial charge < -0.3 is 10.0 Å². The SMILES string of the molecule is CN1CCC=C1c1ccc(=O)[nH]c1O. The minimum atomic E-state index is -0.285. The van der Waals surface area contributed by atoms with Crippen LogP contribution < -0.4 is 5.56 Å². The van der Waals surface area contributed by atoms with Gasteiger partial charge in [-0.2, -0.15) is 0 Å². The second-order valence-corrected chi connectivity index (χ2v) is 3.38. The van der Waals surface area contributed by atoms with E-state index in [4.69, 9.17) is 0 Å². The van der Waals surface area contributed by atoms with Crippen LogP contribution in [0.5, 0.6) is 5.88 Å². The monoisotopic (exact) mass is 192 g/mol. The van der Waals surface area contributed by atoms with Crippen LogP contribution in [0.15, 0.2) is 23.0 Å². The van der Waals surface area contributed by atoms with Crippen LogP contribution >= 0.6 is 0 Å². The Labute approximate surface area is 81.5 Å². The highest BCUT2D eigenvalue weighted by Crippen LogP contribution is 2.27. The first kappa shape index (κ1) is 8.87. The van der Waals surface area contributed by atoms with Gasteiger partial charge in [0, 0.05) is 25.4 Å². The largest absolute Gasteiger partial charge is 0.494 e. The van der Waals surface area contributed by atoms with Gasteiger partial charge in [0.2, 0.25) is 5.88 Å². The lowest BCUT2D eigenvalue weighted by molar-refractivity contribution is 0.444. The van der Waals surface area contributed by atoms with Gasteiger partial charge in [-0.05, 0) is 12.5 Å². The molecule has 0 unspecified atom stereocenters. The summed E-state index contributed by atoms with van der Waals surface area (Å²) in [6.07, 6.45) is 3.03. The van der Waals surface area contributed by atoms with Gasteiger partial charge >= 0.3 is 0 Å². The maximum Gasteiger partial charge on any atom is 0.250 e. The minimum Gasteiger partial charge on any atom is -0.494 e. The zero-order valence-electron chi connectivity index (χ0n) is 7.95. The Morgan fingerprint density at radius 3 is 2.86 bits per heavy atom. The van der Waals surface area contributed by atoms with E-state index in [1.54, 1.807) is 6.07 Å². The number of nitrogens with one attached hydrogen (secondary N) is 1. The van der Waals surface area contributed by atoms with Crippen molar-refractivity contribution >= 4 is 5.70 Å². The molecule has 2 rings (SSSR count). The summed E-state index contributed by atoms with van der Waals surface area (Å²) >= 11 is 0. The van der Waals surface area contributed by atoms with Crippen LogP contribution in [0.3, 0.4) is 0 Å². The quantitative estimate of drug-likeness (QED) is 0.690. The van der Waals surface area contributed by atoms with Gasteiger partial charge in [0.05, 0.1) is 5.56 Å². The van der Waals surface area contributed by atoms with Crippen molar-refractivity contribution in [2.75, 3.05) is 13.6 Å². The van der Waals surface area contributed by atoms with Crippen LogP contribution in [0, 0.1) is 0 Å². The van der Waals surface area contributed by atoms with E-state index in [2.05, 4.69) is 4.98 Å². The van der Waals surface area contributed by atoms with Gasteiger partial charge in [-0.15, -0.1) is 0 Å². The summed E-state index contributed by atoms with van der Waals surface area (Å²) in [7, 11) is 1.96. The Bertz CT molecular complexity index is 434. The minimum absolute atomic E-state index is 0.0579. The van der Waals surface area contributed by atoms with Gasteiger partial charge in [0.1, 0.15) is 0 Å². The molecule has 2 N–H and O–H groups in total. The fraction of sp³-hybridized carbons (Fsp3) is 0.300. The number of aromatic amines is 1. The molecule has 0 fully saturated rings. The average molecular weight is 192 g/mol. The molecule has 0 bridgehead atoms. The molecular weight excluding hydrogens is 180 g/mol. The van der Waals surface area contributed by atoms with Crippen LogP contribution in [0.1, 0.15) is 12.0 Å². The maximum atomic E-state index is 10.9. The highest BCUT2D eigenvalue weighted by atomic mass is 16.3. The summed E-state index contributed by atoms with van der Waals surface area (Å²) in [6, 6.07) is 3.06. The predicted octanol–water partition coefficient (Wildman–Crippen LogP) is 0.757. The Kier molecular flexibility index (Phi) is 2.04. The van der Waals surface area contributed by atoms with Crippen molar-refractivity contribution in [1.29, 1.82) is 0 Å². The number of H-pyrrole nitrogens is 1. The number of rotatable bonds is 1. The zero-order chi connectivity index (χ0) is 10.1. The summed E-state index contributed by atoms with van der Waals surface area (Å²) in [4.78, 5) is 15.3. The van der Waals surface area contributed by atoms with Gasteiger partial charge in [0.25, 0.3) is 5.56 Å². The molecule has 0 radical (unpaired) electrons. The van der Waals surface area contributed by atoms with Gasteiger partial charge in [-0.25, -0.2) is 0 Å². The third-order valence-corrected chi connectivity index (χ3v) is 2.39. The second kappa shape index (κ2) is 3.21. The molecule has 0 spiro atoms. The number of pyridine rings is 1. The first-order chi connectivity index (χ1) is 6.68. The van der Waals surface area contributed by atoms with Crippen molar-refractivity contribution in [1.82, 2.24) is 9.88 Å². The van der Waals surface area contributed by atoms with Crippen molar-refractivity contribution in [2.24, 2.45) is 0 Å². The average Bonchev–Trinajstić information content (AvgIpc) is 2.52. The van der Waals surface area contributed by atoms with Crippen LogP contribution in [0.25, 0.3) is 5.70 Å². The number of aromatic nitrogens is 1. The van der Waals surface area contributed by atoms with Crippen molar-refractivity contribution in [3.05, 3.63) is 34.1 Å². The van der Waals surface area contributed by atoms with Crippen LogP contribution in [-0.4, -0.2) is 28.6 Å². The fourth-order valence-electron chi connectivity index (χ4n) is 1.66. The Hall–Kier alpha value is -1.71. The highest BCUT2D eigenvalue weighted by molar-refractivity contribution is 5.68. The van der Waals surface area contributed by atoms with Crippen molar-refractivity contribution in [3.8, 4) is 5.88 Å². The van der Waals surface area contributed by atoms with Crippen LogP contribution in [0.4, 0.5) is 0 Å². The molecule has 0 aliphatic carbocycles. The second-order valence-electron chi connectivity index (χ2n) is 3.38. The summed E-state index contributed by atoms with van der Waals surface area (Å²) < 4.78 is 0. The first-order valence-corrected chi connectivity index (χ1v) is 4.52. The molecule has 4 heteroatoms. The van der Waals surface area contributed by atoms with E-state index in [-0.39, 0.29) is 11.4 Å². The molecule has 14 heavy (non-hydrogen) atoms. The van der Waals surface area contributed by atoms with Crippen LogP contribution in [-0.2, 0) is 0 Å². The molecule has 0 saturated carbocycles. The third-order valence-electron chi connectivity index (χ3n) is 2.39. The zero-order valence-corrected chi connectivity index (χ0v) is 7.95. The summed E-state index contributed by atoms with van der Waals surface area (Å²) in [6.45, 7) is 0.952. The molecule has 0 aromatic carbocycles. The topological polar surface area (TPSA) is 56.3 Å². The third kappa shape index (κ3) is 1.39. The van der Waals surface area contributed by atoms with Crippen LogP contribution in [0.2, 0.25) is 0 Å². The molecule has 4 nitrogen and oxygen atoms in total. The molecule has 74 valence electrons. The van der Waals surface area contributed by atoms with E-state index in [1.807, 2.05) is 18.0 Å². The predicted molar refractivity (Wildman–Crippen MR) is 54.0 cm³/mol. The number of nitrogens with zero attached hydrogens (tertiary/aromatic N) is 1. The lowest BCUT2D eigenvalue weighted by Crippen LogP contribution is -2.13. The standard InChI is InChI=1S/C10H12N2O2/c1-12-6-2-3-8(12)7-4-5-9(13)11-10(7)14/h3-5H,2,6H2,1H3,(H2,11,13,14). The summed E-state index contributed by atoms with van der Waals surface area (Å²) in [5, 5.41) is 9.55. The van der Waals surface area contributed by atoms with Gasteiger partial charge in [-0.1, -0.05) is 6.08 Å². The summed E-state index contributed by atoms with van der Waals surface area (Å²) in [5.41, 5.74) is 1.37. The van der Waals surface area contributed by atoms with E-state index in [0.717, 1.165) is 18.7 Å². The van der Waals surface area contributed by atoms with Crippen molar-refractivity contribution in [3.63, 3.8) is 0 Å². The molecule has 1 aromatic rings. The number of hydrogen-bond acceptors (Lipinski definition) is 3. The van der Waals surface area contributed by atoms with Crippen molar-refractivity contribution in [2.45, 2.75) is 6.42 Å². The Morgan fingerprint density at radius 1 is 1.50 bits per heavy atom. The lowest BCUT2D eigenvalue weighted by atomic mass is 10.2. The molecule has 0 amide bonds. The Balaban J connectivity index is 2.46. The Morgan fingerprint density at radius 2 is 2.29 bits per heavy atom. The molecule has 1 aromatic heterocycles. The molecule has 2 heterocycles. The number of hydrogen-bond donors (Lipinski definition) is 2. The van der Waals surface area contributed by atoms with Gasteiger partial charge in [-0.3, -0.25) is 9.78 Å². The molecular formula is C10H12N2O2. The smallest absolute Gasteiger partial charge is 0.250 e. The number of aromatic hydroxyl groups is 1. The summed E-state index contributed by atoms with van der Waals surface area (Å²) in [5.74, 6) is -0.0579. The van der Waals surface area contributed by atoms with Crippen molar-refractivity contribution < 1.29 is 5.11 Å². The van der Waals surface area contributed by atoms with E-state index < -0.39 is 0 Å². The molecule has 1 aliphatic rings. The first-order valence-electron chi connectivity index (χ1n) is 4.52. The van der Waals surface area contributed by atoms with E-state index in [9.17, 15) is 9.90 Å². The molecule has 0 saturated heterocycles. The van der Waals surface area contributed by atoms with Gasteiger partial charge in [0.15, 0.2) is 0 Å². The molecule has 1 aliphatic heterocycles. The van der Waals surface area contributed by atoms with E-state index >= 15 is 0 Å².